The highest BCUT2D eigenvalue weighted by Gasteiger charge is 2.42. The number of carbonyl (C=O) groups is 2. The molecule has 0 aliphatic heterocycles. The van der Waals surface area contributed by atoms with Crippen LogP contribution in [0.4, 0.5) is 13.2 Å². The van der Waals surface area contributed by atoms with Crippen LogP contribution in [-0.4, -0.2) is 37.8 Å². The predicted octanol–water partition coefficient (Wildman–Crippen LogP) is 5.80. The van der Waals surface area contributed by atoms with Gasteiger partial charge in [0.1, 0.15) is 5.75 Å². The average Bonchev–Trinajstić information content (AvgIpc) is 2.83. The first-order valence-corrected chi connectivity index (χ1v) is 12.1. The summed E-state index contributed by atoms with van der Waals surface area (Å²) in [6.07, 6.45) is 3.51. The van der Waals surface area contributed by atoms with Crippen molar-refractivity contribution in [3.05, 3.63) is 65.7 Å². The van der Waals surface area contributed by atoms with E-state index in [1.807, 2.05) is 30.3 Å². The summed E-state index contributed by atoms with van der Waals surface area (Å²) in [4.78, 5) is 21.8. The second kappa shape index (κ2) is 15.9. The molecule has 0 unspecified atom stereocenters. The molecule has 192 valence electrons. The van der Waals surface area contributed by atoms with E-state index in [9.17, 15) is 22.8 Å². The number of hydrogen-bond acceptors (Lipinski definition) is 5. The van der Waals surface area contributed by atoms with Crippen LogP contribution in [0, 0.1) is 0 Å². The van der Waals surface area contributed by atoms with E-state index in [0.29, 0.717) is 19.6 Å². The Morgan fingerprint density at radius 2 is 1.37 bits per heavy atom. The van der Waals surface area contributed by atoms with Gasteiger partial charge in [-0.25, -0.2) is 4.79 Å². The molecule has 2 rings (SSSR count). The third-order valence-electron chi connectivity index (χ3n) is 5.43. The maximum Gasteiger partial charge on any atom is 0.491 e. The van der Waals surface area contributed by atoms with Crippen LogP contribution < -0.4 is 10.1 Å². The molecular formula is C27H34F3NO4. The van der Waals surface area contributed by atoms with Gasteiger partial charge in [0, 0.05) is 6.54 Å². The lowest BCUT2D eigenvalue weighted by Gasteiger charge is -2.08. The van der Waals surface area contributed by atoms with Gasteiger partial charge >= 0.3 is 18.1 Å². The molecule has 0 aliphatic rings. The number of esters is 2. The highest BCUT2D eigenvalue weighted by molar-refractivity contribution is 5.88. The Hall–Kier alpha value is -2.87. The van der Waals surface area contributed by atoms with Crippen molar-refractivity contribution < 1.29 is 32.2 Å². The molecule has 0 saturated heterocycles. The highest BCUT2D eigenvalue weighted by atomic mass is 19.4. The fourth-order valence-electron chi connectivity index (χ4n) is 3.49. The molecule has 0 radical (unpaired) electrons. The van der Waals surface area contributed by atoms with Gasteiger partial charge in [0.15, 0.2) is 0 Å². The first-order chi connectivity index (χ1) is 16.8. The van der Waals surface area contributed by atoms with Gasteiger partial charge in [-0.05, 0) is 55.5 Å². The van der Waals surface area contributed by atoms with E-state index in [1.54, 1.807) is 0 Å². The molecule has 0 aromatic heterocycles. The zero-order valence-corrected chi connectivity index (χ0v) is 19.9. The first kappa shape index (κ1) is 28.4. The maximum atomic E-state index is 12.0. The summed E-state index contributed by atoms with van der Waals surface area (Å²) in [5.41, 5.74) is 2.47. The number of aryl methyl sites for hydroxylation is 1. The van der Waals surface area contributed by atoms with E-state index in [1.165, 1.54) is 31.2 Å². The van der Waals surface area contributed by atoms with Gasteiger partial charge in [-0.3, -0.25) is 4.79 Å². The van der Waals surface area contributed by atoms with E-state index >= 15 is 0 Å². The van der Waals surface area contributed by atoms with Crippen molar-refractivity contribution in [2.45, 2.75) is 64.0 Å². The summed E-state index contributed by atoms with van der Waals surface area (Å²) in [5, 5.41) is 2.94. The van der Waals surface area contributed by atoms with Crippen molar-refractivity contribution >= 4 is 11.9 Å². The van der Waals surface area contributed by atoms with E-state index in [0.717, 1.165) is 30.6 Å². The largest absolute Gasteiger partial charge is 0.494 e. The molecule has 0 atom stereocenters. The molecule has 0 aliphatic carbocycles. The fraction of sp³-hybridized carbons (Fsp3) is 0.481. The molecule has 0 spiro atoms. The summed E-state index contributed by atoms with van der Waals surface area (Å²) >= 11 is 0. The summed E-state index contributed by atoms with van der Waals surface area (Å²) in [6, 6.07) is 18.3. The van der Waals surface area contributed by atoms with Crippen molar-refractivity contribution in [1.29, 1.82) is 0 Å². The highest BCUT2D eigenvalue weighted by Crippen LogP contribution is 2.17. The van der Waals surface area contributed by atoms with Gasteiger partial charge in [-0.1, -0.05) is 68.1 Å². The van der Waals surface area contributed by atoms with Crippen molar-refractivity contribution in [2.75, 3.05) is 19.7 Å². The number of ether oxygens (including phenoxy) is 2. The average molecular weight is 494 g/mol. The molecular weight excluding hydrogens is 459 g/mol. The zero-order chi connectivity index (χ0) is 25.4. The molecule has 1 N–H and O–H groups in total. The third kappa shape index (κ3) is 13.0. The summed E-state index contributed by atoms with van der Waals surface area (Å²) in [6.45, 7) is 1.35. The van der Waals surface area contributed by atoms with Crippen LogP contribution >= 0.6 is 0 Å². The van der Waals surface area contributed by atoms with Crippen molar-refractivity contribution in [3.8, 4) is 5.75 Å². The van der Waals surface area contributed by atoms with Crippen LogP contribution in [0.25, 0.3) is 0 Å². The molecule has 0 heterocycles. The topological polar surface area (TPSA) is 64.6 Å². The quantitative estimate of drug-likeness (QED) is 0.182. The molecule has 2 aromatic rings. The van der Waals surface area contributed by atoms with Crippen LogP contribution in [0.3, 0.4) is 0 Å². The van der Waals surface area contributed by atoms with Crippen molar-refractivity contribution in [1.82, 2.24) is 5.32 Å². The standard InChI is InChI=1S/C27H34F3NO4/c28-27(29,30)26(33)35-25(32)18-20-31-19-17-23-13-15-24(16-14-23)34-21-9-4-2-1-3-6-10-22-11-7-5-8-12-22/h5,7-8,11-16,31H,1-4,6,9-10,17-21H2. The molecule has 0 saturated carbocycles. The van der Waals surface area contributed by atoms with Gasteiger partial charge in [0.2, 0.25) is 0 Å². The Morgan fingerprint density at radius 1 is 0.743 bits per heavy atom. The SMILES string of the molecule is O=C(CCNCCc1ccc(OCCCCCCCCc2ccccc2)cc1)OC(=O)C(F)(F)F. The van der Waals surface area contributed by atoms with Crippen LogP contribution in [0.2, 0.25) is 0 Å². The number of carbonyl (C=O) groups excluding carboxylic acids is 2. The Bertz CT molecular complexity index is 870. The minimum absolute atomic E-state index is 0.123. The summed E-state index contributed by atoms with van der Waals surface area (Å²) in [7, 11) is 0. The number of halogens is 3. The number of hydrogen-bond donors (Lipinski definition) is 1. The molecule has 5 nitrogen and oxygen atoms in total. The summed E-state index contributed by atoms with van der Waals surface area (Å²) < 4.78 is 45.6. The van der Waals surface area contributed by atoms with Crippen LogP contribution in [0.1, 0.15) is 56.1 Å². The number of benzene rings is 2. The smallest absolute Gasteiger partial charge is 0.491 e. The zero-order valence-electron chi connectivity index (χ0n) is 19.9. The molecule has 35 heavy (non-hydrogen) atoms. The number of alkyl halides is 3. The predicted molar refractivity (Wildman–Crippen MR) is 128 cm³/mol. The van der Waals surface area contributed by atoms with Crippen LogP contribution in [0.5, 0.6) is 5.75 Å². The molecule has 2 aromatic carbocycles. The first-order valence-electron chi connectivity index (χ1n) is 12.1. The Morgan fingerprint density at radius 3 is 2.06 bits per heavy atom. The van der Waals surface area contributed by atoms with Crippen molar-refractivity contribution in [2.24, 2.45) is 0 Å². The van der Waals surface area contributed by atoms with Gasteiger partial charge in [-0.2, -0.15) is 13.2 Å². The molecule has 0 bridgehead atoms. The number of rotatable bonds is 16. The Balaban J connectivity index is 1.45. The van der Waals surface area contributed by atoms with Gasteiger partial charge in [0.05, 0.1) is 13.0 Å². The number of nitrogens with one attached hydrogen (secondary N) is 1. The van der Waals surface area contributed by atoms with E-state index in [4.69, 9.17) is 4.74 Å². The maximum absolute atomic E-state index is 12.0. The van der Waals surface area contributed by atoms with Crippen LogP contribution in [-0.2, 0) is 27.2 Å². The molecule has 8 heteroatoms. The van der Waals surface area contributed by atoms with E-state index in [2.05, 4.69) is 34.3 Å². The van der Waals surface area contributed by atoms with Gasteiger partial charge in [-0.15, -0.1) is 0 Å². The third-order valence-corrected chi connectivity index (χ3v) is 5.43. The normalized spacial score (nSPS) is 11.3. The van der Waals surface area contributed by atoms with Gasteiger partial charge in [0.25, 0.3) is 0 Å². The lowest BCUT2D eigenvalue weighted by Crippen LogP contribution is -2.29. The number of unbranched alkanes of at least 4 members (excludes halogenated alkanes) is 5. The Labute approximate surface area is 205 Å². The summed E-state index contributed by atoms with van der Waals surface area (Å²) in [5.74, 6) is -2.87. The van der Waals surface area contributed by atoms with Crippen molar-refractivity contribution in [3.63, 3.8) is 0 Å². The second-order valence-electron chi connectivity index (χ2n) is 8.36. The lowest BCUT2D eigenvalue weighted by molar-refractivity contribution is -0.201. The second-order valence-corrected chi connectivity index (χ2v) is 8.36. The molecule has 0 amide bonds. The van der Waals surface area contributed by atoms with E-state index in [-0.39, 0.29) is 13.0 Å². The monoisotopic (exact) mass is 493 g/mol. The minimum atomic E-state index is -5.16. The minimum Gasteiger partial charge on any atom is -0.494 e. The van der Waals surface area contributed by atoms with E-state index < -0.39 is 18.1 Å². The van der Waals surface area contributed by atoms with Gasteiger partial charge < -0.3 is 14.8 Å². The Kier molecular flexibility index (Phi) is 12.9. The lowest BCUT2D eigenvalue weighted by atomic mass is 10.1. The van der Waals surface area contributed by atoms with Crippen LogP contribution in [0.15, 0.2) is 54.6 Å². The fourth-order valence-corrected chi connectivity index (χ4v) is 3.49. The molecule has 0 fully saturated rings.